The maximum atomic E-state index is 12.0. The van der Waals surface area contributed by atoms with E-state index >= 15 is 0 Å². The average molecular weight is 273 g/mol. The van der Waals surface area contributed by atoms with Crippen LogP contribution in [-0.2, 0) is 15.5 Å². The summed E-state index contributed by atoms with van der Waals surface area (Å²) in [4.78, 5) is 3.51. The average Bonchev–Trinajstić information content (AvgIpc) is 2.48. The SMILES string of the molecule is CC(C)(C)c1nc(OS(=O)(=O)C(F)(F)F)co1. The second-order valence-electron chi connectivity index (χ2n) is 4.22. The van der Waals surface area contributed by atoms with Crippen LogP contribution in [0.25, 0.3) is 0 Å². The van der Waals surface area contributed by atoms with Crippen molar-refractivity contribution in [2.75, 3.05) is 0 Å². The van der Waals surface area contributed by atoms with Gasteiger partial charge < -0.3 is 8.60 Å². The summed E-state index contributed by atoms with van der Waals surface area (Å²) < 4.78 is 65.9. The molecule has 0 spiro atoms. The summed E-state index contributed by atoms with van der Waals surface area (Å²) >= 11 is 0. The number of oxazole rings is 1. The molecule has 0 unspecified atom stereocenters. The van der Waals surface area contributed by atoms with Gasteiger partial charge in [-0.15, -0.1) is 0 Å². The first-order valence-corrected chi connectivity index (χ1v) is 5.81. The number of rotatable bonds is 2. The summed E-state index contributed by atoms with van der Waals surface area (Å²) in [7, 11) is -5.71. The van der Waals surface area contributed by atoms with E-state index in [-0.39, 0.29) is 5.89 Å². The summed E-state index contributed by atoms with van der Waals surface area (Å²) in [6.07, 6.45) is 0.712. The molecule has 0 atom stereocenters. The Hall–Kier alpha value is -1.25. The lowest BCUT2D eigenvalue weighted by Gasteiger charge is -2.11. The first-order chi connectivity index (χ1) is 7.43. The summed E-state index contributed by atoms with van der Waals surface area (Å²) in [6, 6.07) is 0. The van der Waals surface area contributed by atoms with Crippen LogP contribution in [0.5, 0.6) is 5.88 Å². The Morgan fingerprint density at radius 1 is 1.29 bits per heavy atom. The monoisotopic (exact) mass is 273 g/mol. The van der Waals surface area contributed by atoms with Crippen molar-refractivity contribution >= 4 is 10.1 Å². The van der Waals surface area contributed by atoms with Gasteiger partial charge in [-0.05, 0) is 0 Å². The quantitative estimate of drug-likeness (QED) is 0.610. The predicted molar refractivity (Wildman–Crippen MR) is 50.8 cm³/mol. The zero-order valence-corrected chi connectivity index (χ0v) is 10.0. The van der Waals surface area contributed by atoms with Crippen LogP contribution in [0.4, 0.5) is 13.2 Å². The Bertz CT molecular complexity index is 498. The summed E-state index contributed by atoms with van der Waals surface area (Å²) in [6.45, 7) is 5.09. The molecule has 0 aromatic carbocycles. The number of nitrogens with zero attached hydrogens (tertiary/aromatic N) is 1. The van der Waals surface area contributed by atoms with Crippen LogP contribution in [0.15, 0.2) is 10.7 Å². The molecule has 5 nitrogen and oxygen atoms in total. The summed E-state index contributed by atoms with van der Waals surface area (Å²) in [5.74, 6) is -0.669. The minimum absolute atomic E-state index is 0.0740. The molecule has 1 heterocycles. The van der Waals surface area contributed by atoms with Crippen LogP contribution in [-0.4, -0.2) is 18.9 Å². The lowest BCUT2D eigenvalue weighted by Crippen LogP contribution is -2.28. The third kappa shape index (κ3) is 3.11. The maximum Gasteiger partial charge on any atom is 0.534 e. The van der Waals surface area contributed by atoms with Gasteiger partial charge in [-0.25, -0.2) is 0 Å². The lowest BCUT2D eigenvalue weighted by atomic mass is 9.97. The van der Waals surface area contributed by atoms with Gasteiger partial charge in [0, 0.05) is 5.41 Å². The van der Waals surface area contributed by atoms with E-state index in [1.165, 1.54) is 0 Å². The van der Waals surface area contributed by atoms with Crippen molar-refractivity contribution in [2.45, 2.75) is 31.7 Å². The first kappa shape index (κ1) is 13.8. The third-order valence-corrected chi connectivity index (χ3v) is 2.56. The number of alkyl halides is 3. The fraction of sp³-hybridized carbons (Fsp3) is 0.625. The highest BCUT2D eigenvalue weighted by Crippen LogP contribution is 2.28. The van der Waals surface area contributed by atoms with Gasteiger partial charge in [0.2, 0.25) is 5.89 Å². The molecule has 0 aliphatic rings. The molecule has 0 radical (unpaired) electrons. The van der Waals surface area contributed by atoms with Gasteiger partial charge >= 0.3 is 15.6 Å². The van der Waals surface area contributed by atoms with Crippen molar-refractivity contribution in [3.8, 4) is 5.88 Å². The van der Waals surface area contributed by atoms with E-state index in [1.54, 1.807) is 20.8 Å². The second-order valence-corrected chi connectivity index (χ2v) is 5.76. The zero-order valence-electron chi connectivity index (χ0n) is 9.20. The van der Waals surface area contributed by atoms with Crippen LogP contribution >= 0.6 is 0 Å². The highest BCUT2D eigenvalue weighted by Gasteiger charge is 2.49. The third-order valence-electron chi connectivity index (χ3n) is 1.60. The van der Waals surface area contributed by atoms with Crippen molar-refractivity contribution in [3.05, 3.63) is 12.2 Å². The molecule has 1 aromatic heterocycles. The molecule has 0 aliphatic carbocycles. The number of aromatic nitrogens is 1. The van der Waals surface area contributed by atoms with Gasteiger partial charge in [0.05, 0.1) is 0 Å². The molecular formula is C8H10F3NO4S. The number of hydrogen-bond acceptors (Lipinski definition) is 5. The molecule has 0 N–H and O–H groups in total. The Morgan fingerprint density at radius 3 is 2.18 bits per heavy atom. The fourth-order valence-electron chi connectivity index (χ4n) is 0.801. The molecule has 0 fully saturated rings. The van der Waals surface area contributed by atoms with Gasteiger partial charge in [0.15, 0.2) is 6.26 Å². The molecule has 0 bridgehead atoms. The minimum Gasteiger partial charge on any atom is -0.444 e. The van der Waals surface area contributed by atoms with E-state index < -0.39 is 26.9 Å². The van der Waals surface area contributed by atoms with E-state index in [0.717, 1.165) is 0 Å². The van der Waals surface area contributed by atoms with Crippen LogP contribution in [0.1, 0.15) is 26.7 Å². The van der Waals surface area contributed by atoms with Gasteiger partial charge in [0.1, 0.15) is 0 Å². The van der Waals surface area contributed by atoms with Crippen molar-refractivity contribution in [1.82, 2.24) is 4.98 Å². The van der Waals surface area contributed by atoms with Crippen LogP contribution in [0, 0.1) is 0 Å². The standard InChI is InChI=1S/C8H10F3NO4S/c1-7(2,3)6-12-5(4-15-6)16-17(13,14)8(9,10)11/h4H,1-3H3. The Balaban J connectivity index is 2.96. The molecule has 98 valence electrons. The number of halogens is 3. The van der Waals surface area contributed by atoms with Gasteiger partial charge in [-0.3, -0.25) is 0 Å². The number of hydrogen-bond donors (Lipinski definition) is 0. The van der Waals surface area contributed by atoms with Crippen molar-refractivity contribution in [2.24, 2.45) is 0 Å². The zero-order chi connectivity index (χ0) is 13.5. The van der Waals surface area contributed by atoms with Crippen LogP contribution < -0.4 is 4.18 Å². The van der Waals surface area contributed by atoms with Crippen LogP contribution in [0.3, 0.4) is 0 Å². The molecule has 1 aromatic rings. The van der Waals surface area contributed by atoms with Crippen molar-refractivity contribution in [1.29, 1.82) is 0 Å². The summed E-state index contributed by atoms with van der Waals surface area (Å²) in [5, 5.41) is 0. The van der Waals surface area contributed by atoms with E-state index in [2.05, 4.69) is 9.17 Å². The van der Waals surface area contributed by atoms with Crippen molar-refractivity contribution in [3.63, 3.8) is 0 Å². The Labute approximate surface area is 95.7 Å². The molecule has 0 aliphatic heterocycles. The maximum absolute atomic E-state index is 12.0. The highest BCUT2D eigenvalue weighted by atomic mass is 32.2. The summed E-state index contributed by atoms with van der Waals surface area (Å²) in [5.41, 5.74) is -6.06. The van der Waals surface area contributed by atoms with E-state index in [4.69, 9.17) is 4.42 Å². The molecule has 0 amide bonds. The van der Waals surface area contributed by atoms with Crippen molar-refractivity contribution < 1.29 is 30.2 Å². The molecule has 0 saturated heterocycles. The highest BCUT2D eigenvalue weighted by molar-refractivity contribution is 7.87. The first-order valence-electron chi connectivity index (χ1n) is 4.40. The molecule has 0 saturated carbocycles. The van der Waals surface area contributed by atoms with Gasteiger partial charge in [-0.2, -0.15) is 26.6 Å². The lowest BCUT2D eigenvalue weighted by molar-refractivity contribution is -0.0501. The van der Waals surface area contributed by atoms with E-state index in [0.29, 0.717) is 6.26 Å². The van der Waals surface area contributed by atoms with Gasteiger partial charge in [-0.1, -0.05) is 20.8 Å². The minimum atomic E-state index is -5.71. The smallest absolute Gasteiger partial charge is 0.444 e. The normalized spacial score (nSPS) is 13.8. The fourth-order valence-corrected chi connectivity index (χ4v) is 1.20. The molecule has 1 rings (SSSR count). The second kappa shape index (κ2) is 3.90. The largest absolute Gasteiger partial charge is 0.534 e. The Kier molecular flexibility index (Phi) is 3.17. The van der Waals surface area contributed by atoms with E-state index in [1.807, 2.05) is 0 Å². The van der Waals surface area contributed by atoms with Crippen LogP contribution in [0.2, 0.25) is 0 Å². The van der Waals surface area contributed by atoms with Gasteiger partial charge in [0.25, 0.3) is 5.88 Å². The molecule has 9 heteroatoms. The Morgan fingerprint density at radius 2 is 1.82 bits per heavy atom. The molecular weight excluding hydrogens is 263 g/mol. The molecule has 17 heavy (non-hydrogen) atoms. The predicted octanol–water partition coefficient (Wildman–Crippen LogP) is 2.20. The topological polar surface area (TPSA) is 69.4 Å². The van der Waals surface area contributed by atoms with E-state index in [9.17, 15) is 21.6 Å².